The summed E-state index contributed by atoms with van der Waals surface area (Å²) < 4.78 is 0. The molecule has 0 aliphatic heterocycles. The molecule has 112 valence electrons. The smallest absolute Gasteiger partial charge is 0.0543 e. The van der Waals surface area contributed by atoms with Crippen molar-refractivity contribution in [2.75, 3.05) is 0 Å². The maximum Gasteiger partial charge on any atom is 0.0543 e. The molecule has 1 heteroatoms. The lowest BCUT2D eigenvalue weighted by atomic mass is 9.45. The quantitative estimate of drug-likeness (QED) is 0.642. The fourth-order valence-electron chi connectivity index (χ4n) is 6.72. The lowest BCUT2D eigenvalue weighted by Crippen LogP contribution is -2.53. The van der Waals surface area contributed by atoms with Gasteiger partial charge in [-0.1, -0.05) is 26.0 Å². The molecule has 0 heterocycles. The Hall–Kier alpha value is -0.300. The lowest BCUT2D eigenvalue weighted by Gasteiger charge is -2.60. The van der Waals surface area contributed by atoms with E-state index in [1.165, 1.54) is 38.5 Å². The minimum absolute atomic E-state index is 0.00775. The van der Waals surface area contributed by atoms with Gasteiger partial charge in [0.1, 0.15) is 0 Å². The van der Waals surface area contributed by atoms with Gasteiger partial charge in [-0.2, -0.15) is 0 Å². The molecule has 4 aliphatic rings. The number of hydrogen-bond donors (Lipinski definition) is 1. The molecule has 3 fully saturated rings. The summed E-state index contributed by atoms with van der Waals surface area (Å²) in [6.45, 7) is 5.09. The fraction of sp³-hybridized carbons (Fsp3) is 0.895. The number of allylic oxidation sites excluding steroid dienone is 2. The first kappa shape index (κ1) is 13.4. The minimum atomic E-state index is -0.00775. The van der Waals surface area contributed by atoms with E-state index in [1.54, 1.807) is 0 Å². The second kappa shape index (κ2) is 4.35. The van der Waals surface area contributed by atoms with Crippen LogP contribution in [-0.4, -0.2) is 11.2 Å². The zero-order valence-electron chi connectivity index (χ0n) is 13.1. The van der Waals surface area contributed by atoms with Crippen LogP contribution in [0, 0.1) is 34.5 Å². The fourth-order valence-corrected chi connectivity index (χ4v) is 6.72. The van der Waals surface area contributed by atoms with E-state index in [0.29, 0.717) is 10.8 Å². The molecule has 0 saturated heterocycles. The average molecular weight is 274 g/mol. The summed E-state index contributed by atoms with van der Waals surface area (Å²) in [6.07, 6.45) is 15.4. The predicted molar refractivity (Wildman–Crippen MR) is 82.3 cm³/mol. The Kier molecular flexibility index (Phi) is 2.91. The maximum atomic E-state index is 10.0. The van der Waals surface area contributed by atoms with Crippen LogP contribution in [-0.2, 0) is 0 Å². The molecule has 3 saturated carbocycles. The lowest BCUT2D eigenvalue weighted by molar-refractivity contribution is -0.116. The SMILES string of the molecule is C[C@@]12CC[C@@H](O)C[C@H]1CC[C@H]1[C@H]2CC[C@@]2(C)C=CC[C@H]12. The molecule has 1 nitrogen and oxygen atoms in total. The van der Waals surface area contributed by atoms with Crippen molar-refractivity contribution in [1.82, 2.24) is 0 Å². The van der Waals surface area contributed by atoms with Gasteiger partial charge in [0, 0.05) is 0 Å². The summed E-state index contributed by atoms with van der Waals surface area (Å²) in [5.74, 6) is 3.61. The summed E-state index contributed by atoms with van der Waals surface area (Å²) in [4.78, 5) is 0. The van der Waals surface area contributed by atoms with Gasteiger partial charge in [0.05, 0.1) is 6.10 Å². The molecule has 0 amide bonds. The van der Waals surface area contributed by atoms with E-state index in [0.717, 1.165) is 36.5 Å². The van der Waals surface area contributed by atoms with Gasteiger partial charge >= 0.3 is 0 Å². The van der Waals surface area contributed by atoms with Crippen LogP contribution in [0.1, 0.15) is 65.2 Å². The van der Waals surface area contributed by atoms with Gasteiger partial charge in [-0.3, -0.25) is 0 Å². The van der Waals surface area contributed by atoms with Crippen LogP contribution in [0.4, 0.5) is 0 Å². The molecule has 0 unspecified atom stereocenters. The summed E-state index contributed by atoms with van der Waals surface area (Å²) in [5.41, 5.74) is 1.05. The second-order valence-corrected chi connectivity index (χ2v) is 8.77. The van der Waals surface area contributed by atoms with E-state index < -0.39 is 0 Å². The number of aliphatic hydroxyl groups excluding tert-OH is 1. The van der Waals surface area contributed by atoms with Crippen molar-refractivity contribution in [3.8, 4) is 0 Å². The molecule has 0 bridgehead atoms. The number of rotatable bonds is 0. The molecular formula is C19H30O. The Morgan fingerprint density at radius 2 is 1.85 bits per heavy atom. The first-order chi connectivity index (χ1) is 9.53. The van der Waals surface area contributed by atoms with Crippen molar-refractivity contribution in [2.45, 2.75) is 71.3 Å². The molecule has 20 heavy (non-hydrogen) atoms. The van der Waals surface area contributed by atoms with Gasteiger partial charge in [0.25, 0.3) is 0 Å². The monoisotopic (exact) mass is 274 g/mol. The first-order valence-corrected chi connectivity index (χ1v) is 8.89. The van der Waals surface area contributed by atoms with Crippen molar-refractivity contribution in [2.24, 2.45) is 34.5 Å². The topological polar surface area (TPSA) is 20.2 Å². The summed E-state index contributed by atoms with van der Waals surface area (Å²) in [6, 6.07) is 0. The third-order valence-corrected chi connectivity index (χ3v) is 7.96. The highest BCUT2D eigenvalue weighted by Crippen LogP contribution is 2.64. The van der Waals surface area contributed by atoms with Gasteiger partial charge in [0.15, 0.2) is 0 Å². The third-order valence-electron chi connectivity index (χ3n) is 7.96. The number of fused-ring (bicyclic) bond motifs is 5. The maximum absolute atomic E-state index is 10.0. The number of aliphatic hydroxyl groups is 1. The normalized spacial score (nSPS) is 57.9. The van der Waals surface area contributed by atoms with E-state index in [1.807, 2.05) is 0 Å². The largest absolute Gasteiger partial charge is 0.393 e. The highest BCUT2D eigenvalue weighted by molar-refractivity contribution is 5.16. The van der Waals surface area contributed by atoms with E-state index >= 15 is 0 Å². The van der Waals surface area contributed by atoms with E-state index in [2.05, 4.69) is 26.0 Å². The molecule has 0 spiro atoms. The van der Waals surface area contributed by atoms with Gasteiger partial charge in [-0.05, 0) is 85.9 Å². The molecule has 0 aromatic heterocycles. The zero-order chi connectivity index (χ0) is 14.0. The Morgan fingerprint density at radius 1 is 1.00 bits per heavy atom. The Bertz CT molecular complexity index is 427. The van der Waals surface area contributed by atoms with Gasteiger partial charge < -0.3 is 5.11 Å². The van der Waals surface area contributed by atoms with Crippen LogP contribution in [0.2, 0.25) is 0 Å². The Labute approximate surface area is 123 Å². The van der Waals surface area contributed by atoms with Gasteiger partial charge in [-0.15, -0.1) is 0 Å². The average Bonchev–Trinajstić information content (AvgIpc) is 2.81. The van der Waals surface area contributed by atoms with Crippen LogP contribution < -0.4 is 0 Å². The molecule has 4 rings (SSSR count). The highest BCUT2D eigenvalue weighted by atomic mass is 16.3. The molecule has 7 atom stereocenters. The van der Waals surface area contributed by atoms with Crippen molar-refractivity contribution in [1.29, 1.82) is 0 Å². The summed E-state index contributed by atoms with van der Waals surface area (Å²) >= 11 is 0. The van der Waals surface area contributed by atoms with Crippen LogP contribution in [0.25, 0.3) is 0 Å². The van der Waals surface area contributed by atoms with E-state index in [9.17, 15) is 5.11 Å². The standard InChI is InChI=1S/C19H30O/c1-18-9-3-4-16(18)15-6-5-13-12-14(20)7-11-19(13,2)17(15)8-10-18/h3,9,13-17,20H,4-8,10-12H2,1-2H3/t13-,14-,15-,16-,17-,18-,19-/m1/s1. The molecule has 4 aliphatic carbocycles. The van der Waals surface area contributed by atoms with Crippen LogP contribution in [0.3, 0.4) is 0 Å². The molecule has 0 aromatic carbocycles. The van der Waals surface area contributed by atoms with Crippen LogP contribution in [0.5, 0.6) is 0 Å². The van der Waals surface area contributed by atoms with Crippen molar-refractivity contribution >= 4 is 0 Å². The predicted octanol–water partition coefficient (Wildman–Crippen LogP) is 4.56. The Morgan fingerprint density at radius 3 is 2.70 bits per heavy atom. The van der Waals surface area contributed by atoms with E-state index in [4.69, 9.17) is 0 Å². The third kappa shape index (κ3) is 1.71. The van der Waals surface area contributed by atoms with Crippen LogP contribution in [0.15, 0.2) is 12.2 Å². The summed E-state index contributed by atoms with van der Waals surface area (Å²) in [5, 5.41) is 10.0. The van der Waals surface area contributed by atoms with Gasteiger partial charge in [0.2, 0.25) is 0 Å². The molecule has 0 radical (unpaired) electrons. The minimum Gasteiger partial charge on any atom is -0.393 e. The zero-order valence-corrected chi connectivity index (χ0v) is 13.1. The summed E-state index contributed by atoms with van der Waals surface area (Å²) in [7, 11) is 0. The Balaban J connectivity index is 1.63. The van der Waals surface area contributed by atoms with Crippen molar-refractivity contribution < 1.29 is 5.11 Å². The van der Waals surface area contributed by atoms with E-state index in [-0.39, 0.29) is 6.10 Å². The molecular weight excluding hydrogens is 244 g/mol. The number of hydrogen-bond acceptors (Lipinski definition) is 1. The molecule has 1 N–H and O–H groups in total. The van der Waals surface area contributed by atoms with Gasteiger partial charge in [-0.25, -0.2) is 0 Å². The van der Waals surface area contributed by atoms with Crippen molar-refractivity contribution in [3.63, 3.8) is 0 Å². The first-order valence-electron chi connectivity index (χ1n) is 8.89. The second-order valence-electron chi connectivity index (χ2n) is 8.77. The highest BCUT2D eigenvalue weighted by Gasteiger charge is 2.56. The molecule has 0 aromatic rings. The van der Waals surface area contributed by atoms with Crippen molar-refractivity contribution in [3.05, 3.63) is 12.2 Å². The van der Waals surface area contributed by atoms with Crippen LogP contribution >= 0.6 is 0 Å².